The minimum absolute atomic E-state index is 0.00474. The van der Waals surface area contributed by atoms with Crippen LogP contribution < -0.4 is 10.6 Å². The maximum Gasteiger partial charge on any atom is 0.407 e. The van der Waals surface area contributed by atoms with Gasteiger partial charge in [0.1, 0.15) is 12.6 Å². The number of carboxylic acid groups (broad SMARTS) is 1. The number of amides is 2. The minimum Gasteiger partial charge on any atom is -0.481 e. The lowest BCUT2D eigenvalue weighted by Crippen LogP contribution is -2.48. The number of hydrogen-bond acceptors (Lipinski definition) is 5. The Kier molecular flexibility index (Phi) is 8.11. The molecule has 0 spiro atoms. The average Bonchev–Trinajstić information content (AvgIpc) is 3.18. The fourth-order valence-electron chi connectivity index (χ4n) is 4.66. The van der Waals surface area contributed by atoms with E-state index in [0.29, 0.717) is 12.5 Å². The van der Waals surface area contributed by atoms with Crippen LogP contribution in [0.5, 0.6) is 0 Å². The smallest absolute Gasteiger partial charge is 0.407 e. The summed E-state index contributed by atoms with van der Waals surface area (Å²) in [5.74, 6) is 1.07. The fourth-order valence-corrected chi connectivity index (χ4v) is 5.81. The van der Waals surface area contributed by atoms with E-state index in [4.69, 9.17) is 9.84 Å². The summed E-state index contributed by atoms with van der Waals surface area (Å²) in [6.45, 7) is 0.661. The molecule has 2 aromatic carbocycles. The van der Waals surface area contributed by atoms with Crippen molar-refractivity contribution in [3.8, 4) is 11.1 Å². The Bertz CT molecular complexity index is 992. The number of ether oxygens (including phenoxy) is 1. The van der Waals surface area contributed by atoms with E-state index < -0.39 is 18.1 Å². The van der Waals surface area contributed by atoms with Crippen LogP contribution in [0.4, 0.5) is 4.79 Å². The Labute approximate surface area is 203 Å². The Morgan fingerprint density at radius 3 is 2.35 bits per heavy atom. The highest BCUT2D eigenvalue weighted by molar-refractivity contribution is 7.99. The summed E-state index contributed by atoms with van der Waals surface area (Å²) in [4.78, 5) is 36.4. The average molecular weight is 483 g/mol. The maximum atomic E-state index is 12.7. The number of carbonyl (C=O) groups excluding carboxylic acids is 2. The number of alkyl carbamates (subject to hydrolysis) is 1. The van der Waals surface area contributed by atoms with E-state index in [2.05, 4.69) is 22.8 Å². The topological polar surface area (TPSA) is 105 Å². The van der Waals surface area contributed by atoms with Crippen LogP contribution in [0, 0.1) is 5.92 Å². The van der Waals surface area contributed by atoms with Crippen molar-refractivity contribution in [3.63, 3.8) is 0 Å². The van der Waals surface area contributed by atoms with Gasteiger partial charge in [-0.05, 0) is 58.9 Å². The highest BCUT2D eigenvalue weighted by atomic mass is 32.2. The quantitative estimate of drug-likeness (QED) is 0.499. The Hall–Kier alpha value is -3.00. The van der Waals surface area contributed by atoms with Crippen LogP contribution in [-0.2, 0) is 14.3 Å². The third kappa shape index (κ3) is 5.91. The van der Waals surface area contributed by atoms with E-state index in [-0.39, 0.29) is 31.3 Å². The van der Waals surface area contributed by atoms with E-state index >= 15 is 0 Å². The molecule has 2 unspecified atom stereocenters. The highest BCUT2D eigenvalue weighted by Gasteiger charge is 2.30. The van der Waals surface area contributed by atoms with E-state index in [1.54, 1.807) is 0 Å². The van der Waals surface area contributed by atoms with E-state index in [1.165, 1.54) is 0 Å². The van der Waals surface area contributed by atoms with Crippen molar-refractivity contribution in [2.24, 2.45) is 5.92 Å². The molecule has 1 heterocycles. The first-order valence-corrected chi connectivity index (χ1v) is 12.9. The number of fused-ring (bicyclic) bond motifs is 3. The van der Waals surface area contributed by atoms with Gasteiger partial charge < -0.3 is 20.5 Å². The summed E-state index contributed by atoms with van der Waals surface area (Å²) in [7, 11) is 0. The molecule has 2 aliphatic rings. The molecule has 1 aliphatic carbocycles. The predicted molar refractivity (Wildman–Crippen MR) is 132 cm³/mol. The third-order valence-electron chi connectivity index (χ3n) is 6.42. The number of aliphatic carboxylic acids is 1. The van der Waals surface area contributed by atoms with Gasteiger partial charge in [0.15, 0.2) is 0 Å². The molecule has 0 radical (unpaired) electrons. The molecule has 1 fully saturated rings. The Morgan fingerprint density at radius 1 is 1.06 bits per heavy atom. The summed E-state index contributed by atoms with van der Waals surface area (Å²) in [5, 5.41) is 14.5. The van der Waals surface area contributed by atoms with Gasteiger partial charge in [0.25, 0.3) is 0 Å². The molecule has 2 atom stereocenters. The van der Waals surface area contributed by atoms with Gasteiger partial charge in [-0.25, -0.2) is 4.79 Å². The van der Waals surface area contributed by atoms with Crippen molar-refractivity contribution in [2.45, 2.75) is 37.6 Å². The van der Waals surface area contributed by atoms with Crippen molar-refractivity contribution in [2.75, 3.05) is 24.7 Å². The van der Waals surface area contributed by atoms with Crippen LogP contribution in [-0.4, -0.2) is 53.8 Å². The summed E-state index contributed by atoms with van der Waals surface area (Å²) in [5.41, 5.74) is 4.46. The molecule has 0 aromatic heterocycles. The van der Waals surface area contributed by atoms with Crippen LogP contribution in [0.15, 0.2) is 48.5 Å². The van der Waals surface area contributed by atoms with Gasteiger partial charge in [-0.3, -0.25) is 9.59 Å². The fraction of sp³-hybridized carbons (Fsp3) is 0.423. The molecule has 34 heavy (non-hydrogen) atoms. The number of benzene rings is 2. The lowest BCUT2D eigenvalue weighted by molar-refractivity contribution is -0.137. The zero-order valence-corrected chi connectivity index (χ0v) is 19.8. The number of rotatable bonds is 9. The highest BCUT2D eigenvalue weighted by Crippen LogP contribution is 2.44. The SMILES string of the molecule is O=C(O)CCC(NC(=O)OCC1c2ccccc2-c2ccccc21)C(=O)NCC1CCCSC1. The normalized spacial score (nSPS) is 17.8. The number of carboxylic acids is 1. The third-order valence-corrected chi connectivity index (χ3v) is 7.70. The molecule has 3 N–H and O–H groups in total. The molecule has 0 saturated carbocycles. The molecule has 1 saturated heterocycles. The van der Waals surface area contributed by atoms with E-state index in [1.807, 2.05) is 48.2 Å². The number of carbonyl (C=O) groups is 3. The van der Waals surface area contributed by atoms with E-state index in [9.17, 15) is 14.4 Å². The molecule has 8 heteroatoms. The monoisotopic (exact) mass is 482 g/mol. The second kappa shape index (κ2) is 11.4. The van der Waals surface area contributed by atoms with Crippen LogP contribution >= 0.6 is 11.8 Å². The van der Waals surface area contributed by atoms with Crippen LogP contribution in [0.25, 0.3) is 11.1 Å². The molecule has 180 valence electrons. The molecule has 1 aliphatic heterocycles. The zero-order chi connectivity index (χ0) is 23.9. The largest absolute Gasteiger partial charge is 0.481 e. The summed E-state index contributed by atoms with van der Waals surface area (Å²) < 4.78 is 5.54. The molecule has 7 nitrogen and oxygen atoms in total. The van der Waals surface area contributed by atoms with Crippen molar-refractivity contribution in [1.29, 1.82) is 0 Å². The maximum absolute atomic E-state index is 12.7. The molecule has 2 aromatic rings. The molecule has 0 bridgehead atoms. The van der Waals surface area contributed by atoms with E-state index in [0.717, 1.165) is 46.6 Å². The van der Waals surface area contributed by atoms with Gasteiger partial charge in [0, 0.05) is 18.9 Å². The Morgan fingerprint density at radius 2 is 1.74 bits per heavy atom. The zero-order valence-electron chi connectivity index (χ0n) is 19.0. The van der Waals surface area contributed by atoms with Crippen LogP contribution in [0.2, 0.25) is 0 Å². The molecule has 4 rings (SSSR count). The second-order valence-electron chi connectivity index (χ2n) is 8.78. The van der Waals surface area contributed by atoms with Crippen molar-refractivity contribution >= 4 is 29.7 Å². The van der Waals surface area contributed by atoms with Gasteiger partial charge in [-0.2, -0.15) is 11.8 Å². The van der Waals surface area contributed by atoms with Gasteiger partial charge >= 0.3 is 12.1 Å². The molecular formula is C26H30N2O5S. The lowest BCUT2D eigenvalue weighted by atomic mass is 9.98. The summed E-state index contributed by atoms with van der Waals surface area (Å²) >= 11 is 1.88. The Balaban J connectivity index is 1.36. The number of thioether (sulfide) groups is 1. The lowest BCUT2D eigenvalue weighted by Gasteiger charge is -2.23. The van der Waals surface area contributed by atoms with Crippen molar-refractivity contribution in [1.82, 2.24) is 10.6 Å². The standard InChI is InChI=1S/C26H30N2O5S/c29-24(30)12-11-23(25(31)27-14-17-6-5-13-34-16-17)28-26(32)33-15-22-20-9-3-1-7-18(20)19-8-2-4-10-21(19)22/h1-4,7-10,17,22-23H,5-6,11-16H2,(H,27,31)(H,28,32)(H,29,30). The first-order chi connectivity index (χ1) is 16.5. The van der Waals surface area contributed by atoms with Crippen LogP contribution in [0.3, 0.4) is 0 Å². The van der Waals surface area contributed by atoms with Gasteiger partial charge in [-0.1, -0.05) is 48.5 Å². The van der Waals surface area contributed by atoms with Crippen molar-refractivity contribution in [3.05, 3.63) is 59.7 Å². The minimum atomic E-state index is -1.02. The number of nitrogens with one attached hydrogen (secondary N) is 2. The van der Waals surface area contributed by atoms with Gasteiger partial charge in [0.05, 0.1) is 0 Å². The summed E-state index contributed by atoms with van der Waals surface area (Å²) in [6.07, 6.45) is 1.25. The molecular weight excluding hydrogens is 452 g/mol. The number of hydrogen-bond donors (Lipinski definition) is 3. The summed E-state index contributed by atoms with van der Waals surface area (Å²) in [6, 6.07) is 15.2. The second-order valence-corrected chi connectivity index (χ2v) is 9.93. The van der Waals surface area contributed by atoms with Gasteiger partial charge in [-0.15, -0.1) is 0 Å². The van der Waals surface area contributed by atoms with Crippen molar-refractivity contribution < 1.29 is 24.2 Å². The first kappa shape index (κ1) is 24.1. The van der Waals surface area contributed by atoms with Crippen LogP contribution in [0.1, 0.15) is 42.7 Å². The first-order valence-electron chi connectivity index (χ1n) is 11.7. The van der Waals surface area contributed by atoms with Gasteiger partial charge in [0.2, 0.25) is 5.91 Å². The molecule has 2 amide bonds. The predicted octanol–water partition coefficient (Wildman–Crippen LogP) is 4.02.